The minimum absolute atomic E-state index is 0.0111. The van der Waals surface area contributed by atoms with Crippen LogP contribution in [0.4, 0.5) is 5.69 Å². The van der Waals surface area contributed by atoms with E-state index in [1.165, 1.54) is 27.3 Å². The Balaban J connectivity index is 2.18. The van der Waals surface area contributed by atoms with Gasteiger partial charge in [-0.05, 0) is 38.1 Å². The van der Waals surface area contributed by atoms with Crippen molar-refractivity contribution in [3.8, 4) is 17.2 Å². The average molecular weight is 408 g/mol. The standard InChI is InChI=1S/C23H24N2O5/c1-13(2)30-16-8-6-7-15(9-16)23(27)22-18-11-21(29-5)20(28-4)10-17(18)19(12-24-22)25-14(3)26/h6-13H,1-5H3,(H,25,26). The lowest BCUT2D eigenvalue weighted by atomic mass is 10.0. The number of nitrogens with zero attached hydrogens (tertiary/aromatic N) is 1. The van der Waals surface area contributed by atoms with Crippen molar-refractivity contribution in [3.63, 3.8) is 0 Å². The zero-order chi connectivity index (χ0) is 21.8. The predicted molar refractivity (Wildman–Crippen MR) is 115 cm³/mol. The molecule has 0 atom stereocenters. The molecule has 2 aromatic carbocycles. The fraction of sp³-hybridized carbons (Fsp3) is 0.261. The summed E-state index contributed by atoms with van der Waals surface area (Å²) >= 11 is 0. The van der Waals surface area contributed by atoms with Crippen LogP contribution in [0.1, 0.15) is 36.8 Å². The zero-order valence-corrected chi connectivity index (χ0v) is 17.6. The molecular weight excluding hydrogens is 384 g/mol. The number of hydrogen-bond acceptors (Lipinski definition) is 6. The second-order valence-electron chi connectivity index (χ2n) is 6.98. The van der Waals surface area contributed by atoms with Crippen molar-refractivity contribution >= 4 is 28.2 Å². The molecule has 0 bridgehead atoms. The maximum absolute atomic E-state index is 13.3. The molecule has 0 spiro atoms. The van der Waals surface area contributed by atoms with E-state index in [1.54, 1.807) is 36.4 Å². The summed E-state index contributed by atoms with van der Waals surface area (Å²) in [6.07, 6.45) is 1.46. The normalized spacial score (nSPS) is 10.7. The largest absolute Gasteiger partial charge is 0.493 e. The number of rotatable bonds is 7. The number of benzene rings is 2. The Hall–Kier alpha value is -3.61. The summed E-state index contributed by atoms with van der Waals surface area (Å²) in [4.78, 5) is 29.3. The molecule has 1 amide bonds. The highest BCUT2D eigenvalue weighted by atomic mass is 16.5. The number of ether oxygens (including phenoxy) is 3. The van der Waals surface area contributed by atoms with E-state index in [1.807, 2.05) is 13.8 Å². The van der Waals surface area contributed by atoms with Gasteiger partial charge in [-0.25, -0.2) is 4.98 Å². The first-order valence-electron chi connectivity index (χ1n) is 9.47. The maximum Gasteiger partial charge on any atom is 0.221 e. The number of anilines is 1. The third-order valence-corrected chi connectivity index (χ3v) is 4.39. The molecule has 0 fully saturated rings. The Bertz CT molecular complexity index is 1110. The molecule has 1 aromatic heterocycles. The van der Waals surface area contributed by atoms with Gasteiger partial charge in [0, 0.05) is 23.3 Å². The van der Waals surface area contributed by atoms with E-state index < -0.39 is 0 Å². The fourth-order valence-corrected chi connectivity index (χ4v) is 3.16. The number of amides is 1. The summed E-state index contributed by atoms with van der Waals surface area (Å²) in [6, 6.07) is 10.4. The van der Waals surface area contributed by atoms with Crippen molar-refractivity contribution in [3.05, 3.63) is 53.9 Å². The van der Waals surface area contributed by atoms with Gasteiger partial charge >= 0.3 is 0 Å². The highest BCUT2D eigenvalue weighted by Gasteiger charge is 2.20. The zero-order valence-electron chi connectivity index (χ0n) is 17.6. The van der Waals surface area contributed by atoms with Crippen LogP contribution < -0.4 is 19.5 Å². The molecule has 0 unspecified atom stereocenters. The van der Waals surface area contributed by atoms with Crippen LogP contribution in [-0.4, -0.2) is 37.0 Å². The first-order valence-corrected chi connectivity index (χ1v) is 9.47. The molecule has 30 heavy (non-hydrogen) atoms. The third kappa shape index (κ3) is 4.35. The van der Waals surface area contributed by atoms with Crippen molar-refractivity contribution in [2.75, 3.05) is 19.5 Å². The third-order valence-electron chi connectivity index (χ3n) is 4.39. The van der Waals surface area contributed by atoms with Crippen LogP contribution in [0.5, 0.6) is 17.2 Å². The molecule has 3 rings (SSSR count). The van der Waals surface area contributed by atoms with E-state index in [9.17, 15) is 9.59 Å². The number of aromatic nitrogens is 1. The van der Waals surface area contributed by atoms with Gasteiger partial charge in [0.05, 0.1) is 32.2 Å². The van der Waals surface area contributed by atoms with Crippen LogP contribution >= 0.6 is 0 Å². The second-order valence-corrected chi connectivity index (χ2v) is 6.98. The molecule has 0 aliphatic rings. The Labute approximate surface area is 175 Å². The number of pyridine rings is 1. The molecule has 3 aromatic rings. The van der Waals surface area contributed by atoms with Crippen LogP contribution in [0.2, 0.25) is 0 Å². The van der Waals surface area contributed by atoms with Crippen LogP contribution in [0, 0.1) is 0 Å². The monoisotopic (exact) mass is 408 g/mol. The molecule has 0 aliphatic heterocycles. The number of methoxy groups -OCH3 is 2. The first-order chi connectivity index (χ1) is 14.3. The van der Waals surface area contributed by atoms with Crippen LogP contribution in [0.25, 0.3) is 10.8 Å². The van der Waals surface area contributed by atoms with E-state index in [-0.39, 0.29) is 23.5 Å². The summed E-state index contributed by atoms with van der Waals surface area (Å²) in [5.41, 5.74) is 1.16. The molecule has 156 valence electrons. The van der Waals surface area contributed by atoms with Gasteiger partial charge in [-0.15, -0.1) is 0 Å². The van der Waals surface area contributed by atoms with Gasteiger partial charge in [0.15, 0.2) is 11.5 Å². The number of fused-ring (bicyclic) bond motifs is 1. The molecule has 0 radical (unpaired) electrons. The van der Waals surface area contributed by atoms with Crippen LogP contribution in [0.3, 0.4) is 0 Å². The summed E-state index contributed by atoms with van der Waals surface area (Å²) in [5.74, 6) is 1.03. The fourth-order valence-electron chi connectivity index (χ4n) is 3.16. The minimum atomic E-state index is -0.268. The van der Waals surface area contributed by atoms with Gasteiger partial charge in [0.1, 0.15) is 11.4 Å². The second kappa shape index (κ2) is 8.82. The molecule has 0 saturated heterocycles. The topological polar surface area (TPSA) is 86.8 Å². The Morgan fingerprint density at radius 3 is 2.27 bits per heavy atom. The van der Waals surface area contributed by atoms with Crippen molar-refractivity contribution < 1.29 is 23.8 Å². The lowest BCUT2D eigenvalue weighted by molar-refractivity contribution is -0.114. The predicted octanol–water partition coefficient (Wildman–Crippen LogP) is 4.23. The smallest absolute Gasteiger partial charge is 0.221 e. The maximum atomic E-state index is 13.3. The molecule has 0 saturated carbocycles. The van der Waals surface area contributed by atoms with Gasteiger partial charge < -0.3 is 19.5 Å². The van der Waals surface area contributed by atoms with Crippen molar-refractivity contribution in [2.24, 2.45) is 0 Å². The highest BCUT2D eigenvalue weighted by molar-refractivity contribution is 6.17. The number of ketones is 1. The van der Waals surface area contributed by atoms with Gasteiger partial charge in [0.2, 0.25) is 11.7 Å². The number of carbonyl (C=O) groups is 2. The lowest BCUT2D eigenvalue weighted by Crippen LogP contribution is -2.11. The molecule has 1 N–H and O–H groups in total. The first kappa shape index (κ1) is 21.1. The van der Waals surface area contributed by atoms with E-state index in [2.05, 4.69) is 10.3 Å². The Morgan fingerprint density at radius 1 is 1.00 bits per heavy atom. The Kier molecular flexibility index (Phi) is 6.20. The summed E-state index contributed by atoms with van der Waals surface area (Å²) in [6.45, 7) is 5.25. The highest BCUT2D eigenvalue weighted by Crippen LogP contribution is 2.37. The van der Waals surface area contributed by atoms with Gasteiger partial charge in [0.25, 0.3) is 0 Å². The van der Waals surface area contributed by atoms with Crippen molar-refractivity contribution in [1.29, 1.82) is 0 Å². The van der Waals surface area contributed by atoms with Gasteiger partial charge in [-0.2, -0.15) is 0 Å². The molecule has 0 aliphatic carbocycles. The average Bonchev–Trinajstić information content (AvgIpc) is 2.71. The Morgan fingerprint density at radius 2 is 1.67 bits per heavy atom. The molecule has 1 heterocycles. The van der Waals surface area contributed by atoms with E-state index in [0.717, 1.165) is 0 Å². The lowest BCUT2D eigenvalue weighted by Gasteiger charge is -2.15. The van der Waals surface area contributed by atoms with Gasteiger partial charge in [-0.3, -0.25) is 9.59 Å². The minimum Gasteiger partial charge on any atom is -0.493 e. The quantitative estimate of drug-likeness (QED) is 0.589. The summed E-state index contributed by atoms with van der Waals surface area (Å²) in [7, 11) is 3.04. The number of carbonyl (C=O) groups excluding carboxylic acids is 2. The van der Waals surface area contributed by atoms with Gasteiger partial charge in [-0.1, -0.05) is 12.1 Å². The molecule has 7 heteroatoms. The van der Waals surface area contributed by atoms with Crippen LogP contribution in [0.15, 0.2) is 42.6 Å². The molecular formula is C23H24N2O5. The molecule has 7 nitrogen and oxygen atoms in total. The number of nitrogens with one attached hydrogen (secondary N) is 1. The van der Waals surface area contributed by atoms with Crippen LogP contribution in [-0.2, 0) is 4.79 Å². The van der Waals surface area contributed by atoms with Crippen molar-refractivity contribution in [1.82, 2.24) is 4.98 Å². The number of hydrogen-bond donors (Lipinski definition) is 1. The van der Waals surface area contributed by atoms with E-state index >= 15 is 0 Å². The summed E-state index contributed by atoms with van der Waals surface area (Å²) in [5, 5.41) is 3.91. The summed E-state index contributed by atoms with van der Waals surface area (Å²) < 4.78 is 16.5. The van der Waals surface area contributed by atoms with Crippen molar-refractivity contribution in [2.45, 2.75) is 26.9 Å². The van der Waals surface area contributed by atoms with E-state index in [0.29, 0.717) is 39.3 Å². The van der Waals surface area contributed by atoms with E-state index in [4.69, 9.17) is 14.2 Å². The SMILES string of the molecule is COc1cc2c(NC(C)=O)cnc(C(=O)c3cccc(OC(C)C)c3)c2cc1OC.